The minimum atomic E-state index is -3.78. The summed E-state index contributed by atoms with van der Waals surface area (Å²) in [5.74, 6) is -0.268. The van der Waals surface area contributed by atoms with Gasteiger partial charge in [0.05, 0.1) is 0 Å². The van der Waals surface area contributed by atoms with Crippen LogP contribution in [-0.4, -0.2) is 19.8 Å². The lowest BCUT2D eigenvalue weighted by atomic mass is 10.3. The average Bonchev–Trinajstić information content (AvgIpc) is 2.38. The fourth-order valence-corrected chi connectivity index (χ4v) is 3.19. The number of aromatic hydroxyl groups is 1. The molecule has 0 aliphatic heterocycles. The lowest BCUT2D eigenvalue weighted by molar-refractivity contribution is 0.459. The molecule has 0 aliphatic carbocycles. The van der Waals surface area contributed by atoms with Crippen molar-refractivity contribution >= 4 is 27.5 Å². The first-order chi connectivity index (χ1) is 9.03. The second-order valence-electron chi connectivity index (χ2n) is 3.81. The van der Waals surface area contributed by atoms with E-state index in [0.717, 1.165) is 4.90 Å². The van der Waals surface area contributed by atoms with Crippen LogP contribution in [0, 0.1) is 0 Å². The predicted octanol–water partition coefficient (Wildman–Crippen LogP) is 2.91. The SMILES string of the molecule is CSc1cccc(NS(=O)(=O)c2ccccc2O)c1. The normalized spacial score (nSPS) is 11.2. The van der Waals surface area contributed by atoms with Crippen LogP contribution in [0.1, 0.15) is 0 Å². The fourth-order valence-electron chi connectivity index (χ4n) is 1.58. The van der Waals surface area contributed by atoms with Crippen LogP contribution in [0.15, 0.2) is 58.3 Å². The highest BCUT2D eigenvalue weighted by molar-refractivity contribution is 7.98. The Balaban J connectivity index is 2.34. The molecular formula is C13H13NO3S2. The lowest BCUT2D eigenvalue weighted by Crippen LogP contribution is -2.13. The zero-order valence-corrected chi connectivity index (χ0v) is 11.8. The van der Waals surface area contributed by atoms with Crippen molar-refractivity contribution in [2.24, 2.45) is 0 Å². The van der Waals surface area contributed by atoms with Crippen LogP contribution in [-0.2, 0) is 10.0 Å². The van der Waals surface area contributed by atoms with E-state index < -0.39 is 10.0 Å². The Hall–Kier alpha value is -1.66. The maximum Gasteiger partial charge on any atom is 0.265 e. The molecule has 100 valence electrons. The summed E-state index contributed by atoms with van der Waals surface area (Å²) in [6.45, 7) is 0. The van der Waals surface area contributed by atoms with Crippen molar-refractivity contribution in [2.75, 3.05) is 11.0 Å². The van der Waals surface area contributed by atoms with Crippen LogP contribution >= 0.6 is 11.8 Å². The molecule has 2 aromatic rings. The number of sulfonamides is 1. The summed E-state index contributed by atoms with van der Waals surface area (Å²) in [4.78, 5) is 0.821. The molecule has 0 aliphatic rings. The van der Waals surface area contributed by atoms with Gasteiger partial charge in [-0.25, -0.2) is 8.42 Å². The molecule has 19 heavy (non-hydrogen) atoms. The highest BCUT2D eigenvalue weighted by Crippen LogP contribution is 2.25. The number of para-hydroxylation sites is 1. The molecule has 2 N–H and O–H groups in total. The predicted molar refractivity (Wildman–Crippen MR) is 77.1 cm³/mol. The standard InChI is InChI=1S/C13H13NO3S2/c1-18-11-6-4-5-10(9-11)14-19(16,17)13-8-3-2-7-12(13)15/h2-9,14-15H,1H3. The Bertz CT molecular complexity index is 684. The summed E-state index contributed by atoms with van der Waals surface area (Å²) in [6, 6.07) is 12.9. The zero-order valence-electron chi connectivity index (χ0n) is 10.2. The first-order valence-electron chi connectivity index (χ1n) is 5.48. The van der Waals surface area contributed by atoms with Crippen molar-refractivity contribution in [3.63, 3.8) is 0 Å². The Morgan fingerprint density at radius 3 is 2.53 bits per heavy atom. The largest absolute Gasteiger partial charge is 0.507 e. The summed E-state index contributed by atoms with van der Waals surface area (Å²) in [6.07, 6.45) is 1.91. The van der Waals surface area contributed by atoms with Crippen LogP contribution in [0.2, 0.25) is 0 Å². The zero-order chi connectivity index (χ0) is 13.9. The van der Waals surface area contributed by atoms with Crippen molar-refractivity contribution in [1.82, 2.24) is 0 Å². The molecule has 0 spiro atoms. The van der Waals surface area contributed by atoms with E-state index in [1.807, 2.05) is 12.3 Å². The van der Waals surface area contributed by atoms with Crippen molar-refractivity contribution < 1.29 is 13.5 Å². The third kappa shape index (κ3) is 3.21. The van der Waals surface area contributed by atoms with E-state index in [2.05, 4.69) is 4.72 Å². The molecule has 0 fully saturated rings. The minimum absolute atomic E-state index is 0.135. The van der Waals surface area contributed by atoms with E-state index >= 15 is 0 Å². The third-order valence-electron chi connectivity index (χ3n) is 2.48. The van der Waals surface area contributed by atoms with E-state index in [0.29, 0.717) is 5.69 Å². The van der Waals surface area contributed by atoms with Gasteiger partial charge >= 0.3 is 0 Å². The van der Waals surface area contributed by atoms with Crippen LogP contribution < -0.4 is 4.72 Å². The molecule has 0 amide bonds. The molecule has 0 saturated heterocycles. The number of anilines is 1. The number of hydrogen-bond acceptors (Lipinski definition) is 4. The van der Waals surface area contributed by atoms with E-state index in [1.54, 1.807) is 30.3 Å². The molecule has 2 rings (SSSR count). The molecule has 0 atom stereocenters. The molecule has 0 aromatic heterocycles. The van der Waals surface area contributed by atoms with Crippen LogP contribution in [0.5, 0.6) is 5.75 Å². The fraction of sp³-hybridized carbons (Fsp3) is 0.0769. The molecular weight excluding hydrogens is 282 g/mol. The van der Waals surface area contributed by atoms with E-state index in [-0.39, 0.29) is 10.6 Å². The first kappa shape index (κ1) is 13.8. The molecule has 4 nitrogen and oxygen atoms in total. The topological polar surface area (TPSA) is 66.4 Å². The van der Waals surface area contributed by atoms with E-state index in [1.165, 1.54) is 23.9 Å². The molecule has 2 aromatic carbocycles. The molecule has 6 heteroatoms. The monoisotopic (exact) mass is 295 g/mol. The third-order valence-corrected chi connectivity index (χ3v) is 4.63. The number of thioether (sulfide) groups is 1. The van der Waals surface area contributed by atoms with E-state index in [9.17, 15) is 13.5 Å². The highest BCUT2D eigenvalue weighted by atomic mass is 32.2. The van der Waals surface area contributed by atoms with E-state index in [4.69, 9.17) is 0 Å². The van der Waals surface area contributed by atoms with Crippen molar-refractivity contribution in [1.29, 1.82) is 0 Å². The second kappa shape index (κ2) is 5.54. The number of benzene rings is 2. The number of rotatable bonds is 4. The lowest BCUT2D eigenvalue weighted by Gasteiger charge is -2.10. The summed E-state index contributed by atoms with van der Waals surface area (Å²) >= 11 is 1.52. The van der Waals surface area contributed by atoms with Gasteiger partial charge in [0.2, 0.25) is 0 Å². The number of hydrogen-bond donors (Lipinski definition) is 2. The summed E-state index contributed by atoms with van der Waals surface area (Å²) in [7, 11) is -3.78. The van der Waals surface area contributed by atoms with Gasteiger partial charge in [-0.05, 0) is 36.6 Å². The Labute approximate surface area is 116 Å². The number of nitrogens with one attached hydrogen (secondary N) is 1. The van der Waals surface area contributed by atoms with Gasteiger partial charge in [-0.2, -0.15) is 0 Å². The Kier molecular flexibility index (Phi) is 4.01. The maximum absolute atomic E-state index is 12.1. The van der Waals surface area contributed by atoms with Crippen molar-refractivity contribution in [3.05, 3.63) is 48.5 Å². The quantitative estimate of drug-likeness (QED) is 0.851. The highest BCUT2D eigenvalue weighted by Gasteiger charge is 2.18. The van der Waals surface area contributed by atoms with Gasteiger partial charge in [-0.3, -0.25) is 4.72 Å². The minimum Gasteiger partial charge on any atom is -0.507 e. The molecule has 0 saturated carbocycles. The first-order valence-corrected chi connectivity index (χ1v) is 8.18. The van der Waals surface area contributed by atoms with Gasteiger partial charge in [0, 0.05) is 10.6 Å². The molecule has 0 radical (unpaired) electrons. The Morgan fingerprint density at radius 1 is 1.11 bits per heavy atom. The summed E-state index contributed by atoms with van der Waals surface area (Å²) < 4.78 is 26.7. The smallest absolute Gasteiger partial charge is 0.265 e. The average molecular weight is 295 g/mol. The molecule has 0 unspecified atom stereocenters. The van der Waals surface area contributed by atoms with Gasteiger partial charge in [0.15, 0.2) is 0 Å². The van der Waals surface area contributed by atoms with Crippen molar-refractivity contribution in [3.8, 4) is 5.75 Å². The van der Waals surface area contributed by atoms with Gasteiger partial charge in [-0.15, -0.1) is 11.8 Å². The summed E-state index contributed by atoms with van der Waals surface area (Å²) in [5.41, 5.74) is 0.468. The molecule has 0 heterocycles. The van der Waals surface area contributed by atoms with Crippen molar-refractivity contribution in [2.45, 2.75) is 9.79 Å². The maximum atomic E-state index is 12.1. The second-order valence-corrected chi connectivity index (χ2v) is 6.34. The van der Waals surface area contributed by atoms with Crippen LogP contribution in [0.4, 0.5) is 5.69 Å². The van der Waals surface area contributed by atoms with Crippen LogP contribution in [0.3, 0.4) is 0 Å². The molecule has 0 bridgehead atoms. The van der Waals surface area contributed by atoms with Crippen LogP contribution in [0.25, 0.3) is 0 Å². The Morgan fingerprint density at radius 2 is 1.84 bits per heavy atom. The number of phenolic OH excluding ortho intramolecular Hbond substituents is 1. The summed E-state index contributed by atoms with van der Waals surface area (Å²) in [5, 5.41) is 9.60. The van der Waals surface area contributed by atoms with Gasteiger partial charge in [-0.1, -0.05) is 18.2 Å². The van der Waals surface area contributed by atoms with Gasteiger partial charge < -0.3 is 5.11 Å². The van der Waals surface area contributed by atoms with Gasteiger partial charge in [0.25, 0.3) is 10.0 Å². The van der Waals surface area contributed by atoms with Gasteiger partial charge in [0.1, 0.15) is 10.6 Å². The number of phenols is 1.